The lowest BCUT2D eigenvalue weighted by Crippen LogP contribution is -2.54. The lowest BCUT2D eigenvalue weighted by atomic mass is 9.99. The number of imide groups is 2. The van der Waals surface area contributed by atoms with Crippen LogP contribution < -0.4 is 15.6 Å². The zero-order valence-corrected chi connectivity index (χ0v) is 31.6. The molecule has 0 radical (unpaired) electrons. The molecule has 0 bridgehead atoms. The number of hydrogen-bond donors (Lipinski definition) is 1. The van der Waals surface area contributed by atoms with Crippen molar-refractivity contribution < 1.29 is 47.3 Å². The van der Waals surface area contributed by atoms with Crippen LogP contribution >= 0.6 is 0 Å². The van der Waals surface area contributed by atoms with Crippen molar-refractivity contribution in [2.45, 2.75) is 38.1 Å². The maximum atomic E-state index is 13.2. The maximum Gasteiger partial charge on any atom is 0.266 e. The number of carbonyl (C=O) groups is 5. The Hall–Kier alpha value is -6.43. The zero-order chi connectivity index (χ0) is 40.6. The van der Waals surface area contributed by atoms with Gasteiger partial charge < -0.3 is 23.4 Å². The normalized spacial score (nSPS) is 15.3. The molecule has 5 aromatic rings. The summed E-state index contributed by atoms with van der Waals surface area (Å²) in [6.07, 6.45) is 2.90. The van der Waals surface area contributed by atoms with Gasteiger partial charge in [0.15, 0.2) is 11.4 Å². The molecular formula is C41H40N6O11. The number of ketones is 1. The predicted molar refractivity (Wildman–Crippen MR) is 204 cm³/mol. The Balaban J connectivity index is 0.738. The number of nitrogens with zero attached hydrogens (tertiary/aromatic N) is 5. The van der Waals surface area contributed by atoms with E-state index in [1.165, 1.54) is 16.9 Å². The van der Waals surface area contributed by atoms with Gasteiger partial charge in [-0.05, 0) is 66.8 Å². The number of nitrogens with one attached hydrogen (secondary N) is 1. The molecule has 0 aliphatic carbocycles. The number of carbonyl (C=O) groups excluding carboxylic acids is 5. The number of aryl methyl sites for hydroxylation is 2. The van der Waals surface area contributed by atoms with E-state index in [4.69, 9.17) is 23.4 Å². The highest BCUT2D eigenvalue weighted by atomic mass is 16.6. The van der Waals surface area contributed by atoms with E-state index in [2.05, 4.69) is 20.4 Å². The molecule has 1 fully saturated rings. The standard InChI is InChI=1S/C41H40N6O11/c1-46-36(50)14-10-30(45-46)39-43-31-22-25(7-12-34(31)58-39)23-33(48)29-9-8-27(24-42-29)57-21-20-56-19-18-55-17-16-54-15-3-5-26-4-2-6-28-37(26)41(53)47(40(28)52)32-11-13-35(49)44-38(32)51/h2,4,6-10,12,14,22,24,32H,3,5,11,13,15-21,23H2,1H3,(H,44,49,51). The van der Waals surface area contributed by atoms with Gasteiger partial charge in [-0.3, -0.25) is 39.0 Å². The van der Waals surface area contributed by atoms with Crippen molar-refractivity contribution >= 4 is 40.5 Å². The molecule has 2 aliphatic rings. The molecule has 4 amide bonds. The van der Waals surface area contributed by atoms with Gasteiger partial charge in [0.05, 0.1) is 50.4 Å². The number of piperidine rings is 1. The lowest BCUT2D eigenvalue weighted by molar-refractivity contribution is -0.136. The van der Waals surface area contributed by atoms with Crippen LogP contribution in [-0.4, -0.2) is 106 Å². The van der Waals surface area contributed by atoms with Crippen molar-refractivity contribution in [3.8, 4) is 17.3 Å². The maximum absolute atomic E-state index is 13.2. The molecule has 2 aromatic carbocycles. The summed E-state index contributed by atoms with van der Waals surface area (Å²) in [4.78, 5) is 84.4. The summed E-state index contributed by atoms with van der Waals surface area (Å²) in [5, 5.41) is 6.38. The topological polar surface area (TPSA) is 211 Å². The summed E-state index contributed by atoms with van der Waals surface area (Å²) in [6.45, 7) is 2.51. The third-order valence-corrected chi connectivity index (χ3v) is 9.55. The number of oxazole rings is 1. The molecule has 0 saturated carbocycles. The quantitative estimate of drug-likeness (QED) is 0.0724. The summed E-state index contributed by atoms with van der Waals surface area (Å²) in [6, 6.07) is 15.6. The Bertz CT molecular complexity index is 2410. The average molecular weight is 793 g/mol. The Morgan fingerprint density at radius 2 is 1.66 bits per heavy atom. The lowest BCUT2D eigenvalue weighted by Gasteiger charge is -2.27. The van der Waals surface area contributed by atoms with E-state index >= 15 is 0 Å². The van der Waals surface area contributed by atoms with Crippen LogP contribution in [0.1, 0.15) is 61.6 Å². The predicted octanol–water partition coefficient (Wildman–Crippen LogP) is 2.87. The molecule has 300 valence electrons. The number of ether oxygens (including phenoxy) is 4. The van der Waals surface area contributed by atoms with Gasteiger partial charge in [0.25, 0.3) is 17.4 Å². The Labute approximate surface area is 331 Å². The van der Waals surface area contributed by atoms with Crippen molar-refractivity contribution in [3.63, 3.8) is 0 Å². The fraction of sp³-hybridized carbons (Fsp3) is 0.341. The summed E-state index contributed by atoms with van der Waals surface area (Å²) in [5.74, 6) is -1.48. The number of rotatable bonds is 19. The molecule has 17 heteroatoms. The number of hydrogen-bond acceptors (Lipinski definition) is 14. The Morgan fingerprint density at radius 1 is 0.879 bits per heavy atom. The first-order valence-corrected chi connectivity index (χ1v) is 18.8. The molecule has 2 aliphatic heterocycles. The summed E-state index contributed by atoms with van der Waals surface area (Å²) >= 11 is 0. The van der Waals surface area contributed by atoms with Crippen LogP contribution in [-0.2, 0) is 43.7 Å². The molecule has 1 atom stereocenters. The molecule has 58 heavy (non-hydrogen) atoms. The monoisotopic (exact) mass is 792 g/mol. The van der Waals surface area contributed by atoms with E-state index in [-0.39, 0.29) is 48.7 Å². The highest BCUT2D eigenvalue weighted by Crippen LogP contribution is 2.30. The van der Waals surface area contributed by atoms with E-state index in [1.807, 2.05) is 0 Å². The van der Waals surface area contributed by atoms with Gasteiger partial charge in [-0.25, -0.2) is 14.6 Å². The van der Waals surface area contributed by atoms with E-state index in [1.54, 1.807) is 61.6 Å². The van der Waals surface area contributed by atoms with Gasteiger partial charge in [0.2, 0.25) is 17.7 Å². The minimum absolute atomic E-state index is 0.0680. The van der Waals surface area contributed by atoms with Crippen molar-refractivity contribution in [3.05, 3.63) is 105 Å². The largest absolute Gasteiger partial charge is 0.490 e. The van der Waals surface area contributed by atoms with Gasteiger partial charge in [-0.1, -0.05) is 18.2 Å². The second kappa shape index (κ2) is 18.2. The van der Waals surface area contributed by atoms with Gasteiger partial charge >= 0.3 is 0 Å². The van der Waals surface area contributed by atoms with Crippen LogP contribution in [0.4, 0.5) is 0 Å². The highest BCUT2D eigenvalue weighted by Gasteiger charge is 2.45. The first kappa shape index (κ1) is 39.8. The second-order valence-electron chi connectivity index (χ2n) is 13.6. The molecule has 7 rings (SSSR count). The highest BCUT2D eigenvalue weighted by molar-refractivity contribution is 6.24. The molecule has 0 spiro atoms. The fourth-order valence-electron chi connectivity index (χ4n) is 6.63. The number of benzene rings is 2. The summed E-state index contributed by atoms with van der Waals surface area (Å²) < 4.78 is 29.5. The summed E-state index contributed by atoms with van der Waals surface area (Å²) in [7, 11) is 1.55. The number of fused-ring (bicyclic) bond motifs is 2. The van der Waals surface area contributed by atoms with Gasteiger partial charge in [-0.2, -0.15) is 5.10 Å². The fourth-order valence-corrected chi connectivity index (χ4v) is 6.63. The van der Waals surface area contributed by atoms with E-state index in [0.29, 0.717) is 91.8 Å². The van der Waals surface area contributed by atoms with Crippen molar-refractivity contribution in [2.75, 3.05) is 46.2 Å². The second-order valence-corrected chi connectivity index (χ2v) is 13.6. The van der Waals surface area contributed by atoms with Crippen LogP contribution in [0.25, 0.3) is 22.7 Å². The van der Waals surface area contributed by atoms with Crippen LogP contribution in [0, 0.1) is 0 Å². The number of amides is 4. The third-order valence-electron chi connectivity index (χ3n) is 9.55. The molecule has 1 unspecified atom stereocenters. The molecule has 1 saturated heterocycles. The first-order valence-electron chi connectivity index (χ1n) is 18.8. The molecule has 3 aromatic heterocycles. The van der Waals surface area contributed by atoms with Crippen molar-refractivity contribution in [1.29, 1.82) is 0 Å². The van der Waals surface area contributed by atoms with E-state index in [9.17, 15) is 28.8 Å². The Kier molecular flexibility index (Phi) is 12.5. The molecular weight excluding hydrogens is 752 g/mol. The SMILES string of the molecule is Cn1nc(-c2nc3cc(CC(=O)c4ccc(OCCOCCOCCOCCCc5cccc6c5C(=O)N(C5CCC(=O)NC5=O)C6=O)cn4)ccc3o2)ccc1=O. The van der Waals surface area contributed by atoms with Crippen LogP contribution in [0.15, 0.2) is 76.1 Å². The minimum Gasteiger partial charge on any atom is -0.490 e. The molecule has 5 heterocycles. The average Bonchev–Trinajstić information content (AvgIpc) is 3.75. The number of pyridine rings is 1. The molecule has 1 N–H and O–H groups in total. The van der Waals surface area contributed by atoms with E-state index < -0.39 is 29.7 Å². The van der Waals surface area contributed by atoms with Gasteiger partial charge in [0, 0.05) is 32.6 Å². The zero-order valence-electron chi connectivity index (χ0n) is 31.6. The number of aromatic nitrogens is 4. The Morgan fingerprint density at radius 3 is 2.40 bits per heavy atom. The first-order chi connectivity index (χ1) is 28.2. The smallest absolute Gasteiger partial charge is 0.266 e. The van der Waals surface area contributed by atoms with Gasteiger partial charge in [-0.15, -0.1) is 0 Å². The third kappa shape index (κ3) is 9.23. The van der Waals surface area contributed by atoms with Gasteiger partial charge in [0.1, 0.15) is 35.3 Å². The number of Topliss-reactive ketones (excluding diaryl/α,β-unsaturated/α-hetero) is 1. The van der Waals surface area contributed by atoms with Crippen LogP contribution in [0.3, 0.4) is 0 Å². The van der Waals surface area contributed by atoms with E-state index in [0.717, 1.165) is 10.5 Å². The van der Waals surface area contributed by atoms with Crippen molar-refractivity contribution in [2.24, 2.45) is 7.05 Å². The molecule has 17 nitrogen and oxygen atoms in total. The summed E-state index contributed by atoms with van der Waals surface area (Å²) in [5.41, 5.74) is 3.60. The van der Waals surface area contributed by atoms with Crippen LogP contribution in [0.2, 0.25) is 0 Å². The van der Waals surface area contributed by atoms with Crippen LogP contribution in [0.5, 0.6) is 5.75 Å². The van der Waals surface area contributed by atoms with Crippen molar-refractivity contribution in [1.82, 2.24) is 30.0 Å². The minimum atomic E-state index is -1.000.